The van der Waals surface area contributed by atoms with E-state index >= 15 is 0 Å². The van der Waals surface area contributed by atoms with Crippen LogP contribution in [-0.4, -0.2) is 39.0 Å². The van der Waals surface area contributed by atoms with E-state index in [2.05, 4.69) is 26.2 Å². The molecule has 1 aliphatic heterocycles. The first-order valence-electron chi connectivity index (χ1n) is 6.54. The van der Waals surface area contributed by atoms with E-state index < -0.39 is 0 Å². The fraction of sp³-hybridized carbons (Fsp3) is 1.00. The minimum absolute atomic E-state index is 0.0171. The maximum Gasteiger partial charge on any atom is 0.0828 e. The highest BCUT2D eigenvalue weighted by Crippen LogP contribution is 2.32. The molecule has 96 valence electrons. The molecule has 1 rings (SSSR count). The summed E-state index contributed by atoms with van der Waals surface area (Å²) in [6.45, 7) is 6.24. The van der Waals surface area contributed by atoms with Crippen LogP contribution >= 0.6 is 0 Å². The van der Waals surface area contributed by atoms with Crippen LogP contribution in [0.1, 0.15) is 39.5 Å². The van der Waals surface area contributed by atoms with Gasteiger partial charge in [-0.15, -0.1) is 0 Å². The standard InChI is InChI=1S/C13H27NO2/c1-5-13(6-2,15-4)12(14-3)11-7-9-16-10-8-11/h11-12,14H,5-10H2,1-4H3. The van der Waals surface area contributed by atoms with E-state index in [0.29, 0.717) is 12.0 Å². The van der Waals surface area contributed by atoms with Crippen molar-refractivity contribution in [3.63, 3.8) is 0 Å². The van der Waals surface area contributed by atoms with E-state index in [1.54, 1.807) is 0 Å². The molecule has 3 heteroatoms. The summed E-state index contributed by atoms with van der Waals surface area (Å²) in [4.78, 5) is 0. The molecule has 1 saturated heterocycles. The summed E-state index contributed by atoms with van der Waals surface area (Å²) in [6.07, 6.45) is 4.42. The van der Waals surface area contributed by atoms with Crippen molar-refractivity contribution in [3.8, 4) is 0 Å². The number of ether oxygens (including phenoxy) is 2. The lowest BCUT2D eigenvalue weighted by molar-refractivity contribution is -0.0753. The first-order chi connectivity index (χ1) is 7.74. The van der Waals surface area contributed by atoms with Crippen molar-refractivity contribution in [3.05, 3.63) is 0 Å². The van der Waals surface area contributed by atoms with Crippen molar-refractivity contribution in [2.75, 3.05) is 27.4 Å². The summed E-state index contributed by atoms with van der Waals surface area (Å²) in [5.41, 5.74) is -0.0171. The second kappa shape index (κ2) is 6.58. The Balaban J connectivity index is 2.76. The van der Waals surface area contributed by atoms with Crippen LogP contribution in [0, 0.1) is 5.92 Å². The Morgan fingerprint density at radius 3 is 2.25 bits per heavy atom. The second-order valence-corrected chi connectivity index (χ2v) is 4.69. The maximum atomic E-state index is 5.84. The average molecular weight is 229 g/mol. The summed E-state index contributed by atoms with van der Waals surface area (Å²) in [7, 11) is 3.90. The van der Waals surface area contributed by atoms with Crippen molar-refractivity contribution in [2.45, 2.75) is 51.2 Å². The highest BCUT2D eigenvalue weighted by Gasteiger charge is 2.40. The van der Waals surface area contributed by atoms with Crippen molar-refractivity contribution < 1.29 is 9.47 Å². The SMILES string of the molecule is CCC(CC)(OC)C(NC)C1CCOCC1. The average Bonchev–Trinajstić information content (AvgIpc) is 2.37. The fourth-order valence-corrected chi connectivity index (χ4v) is 3.08. The van der Waals surface area contributed by atoms with E-state index in [0.717, 1.165) is 38.9 Å². The topological polar surface area (TPSA) is 30.5 Å². The van der Waals surface area contributed by atoms with Gasteiger partial charge >= 0.3 is 0 Å². The lowest BCUT2D eigenvalue weighted by atomic mass is 9.77. The molecule has 3 nitrogen and oxygen atoms in total. The molecule has 0 aromatic heterocycles. The Morgan fingerprint density at radius 1 is 1.31 bits per heavy atom. The van der Waals surface area contributed by atoms with Gasteiger partial charge in [0.05, 0.1) is 5.60 Å². The molecule has 1 N–H and O–H groups in total. The Hall–Kier alpha value is -0.120. The monoisotopic (exact) mass is 229 g/mol. The van der Waals surface area contributed by atoms with Gasteiger partial charge in [0.2, 0.25) is 0 Å². The molecule has 0 amide bonds. The Labute approximate surface area is 99.9 Å². The number of hydrogen-bond acceptors (Lipinski definition) is 3. The van der Waals surface area contributed by atoms with Crippen LogP contribution in [0.3, 0.4) is 0 Å². The highest BCUT2D eigenvalue weighted by molar-refractivity contribution is 4.95. The predicted molar refractivity (Wildman–Crippen MR) is 66.7 cm³/mol. The molecule has 16 heavy (non-hydrogen) atoms. The predicted octanol–water partition coefficient (Wildman–Crippen LogP) is 2.21. The fourth-order valence-electron chi connectivity index (χ4n) is 3.08. The van der Waals surface area contributed by atoms with Crippen LogP contribution in [0.25, 0.3) is 0 Å². The van der Waals surface area contributed by atoms with Gasteiger partial charge in [-0.25, -0.2) is 0 Å². The summed E-state index contributed by atoms with van der Waals surface area (Å²) < 4.78 is 11.3. The Morgan fingerprint density at radius 2 is 1.88 bits per heavy atom. The van der Waals surface area contributed by atoms with Gasteiger partial charge in [-0.1, -0.05) is 13.8 Å². The number of rotatable bonds is 6. The number of hydrogen-bond donors (Lipinski definition) is 1. The summed E-state index contributed by atoms with van der Waals surface area (Å²) in [6, 6.07) is 0.441. The third-order valence-electron chi connectivity index (χ3n) is 4.22. The number of likely N-dealkylation sites (N-methyl/N-ethyl adjacent to an activating group) is 1. The number of methoxy groups -OCH3 is 1. The highest BCUT2D eigenvalue weighted by atomic mass is 16.5. The van der Waals surface area contributed by atoms with Gasteiger partial charge in [0, 0.05) is 26.4 Å². The van der Waals surface area contributed by atoms with Gasteiger partial charge in [-0.05, 0) is 38.6 Å². The molecular weight excluding hydrogens is 202 g/mol. The minimum Gasteiger partial charge on any atom is -0.381 e. The molecule has 0 aromatic carbocycles. The Bertz CT molecular complexity index is 178. The van der Waals surface area contributed by atoms with Crippen LogP contribution in [0.4, 0.5) is 0 Å². The summed E-state index contributed by atoms with van der Waals surface area (Å²) >= 11 is 0. The van der Waals surface area contributed by atoms with Crippen LogP contribution in [0.15, 0.2) is 0 Å². The first-order valence-corrected chi connectivity index (χ1v) is 6.54. The first kappa shape index (κ1) is 13.9. The van der Waals surface area contributed by atoms with Gasteiger partial charge in [-0.3, -0.25) is 0 Å². The van der Waals surface area contributed by atoms with Crippen molar-refractivity contribution in [1.82, 2.24) is 5.32 Å². The Kier molecular flexibility index (Phi) is 5.73. The third-order valence-corrected chi connectivity index (χ3v) is 4.22. The molecule has 1 atom stereocenters. The molecule has 0 spiro atoms. The lowest BCUT2D eigenvalue weighted by Crippen LogP contribution is -2.55. The van der Waals surface area contributed by atoms with Crippen LogP contribution < -0.4 is 5.32 Å². The third kappa shape index (κ3) is 2.76. The smallest absolute Gasteiger partial charge is 0.0828 e. The van der Waals surface area contributed by atoms with E-state index in [-0.39, 0.29) is 5.60 Å². The van der Waals surface area contributed by atoms with E-state index in [9.17, 15) is 0 Å². The normalized spacial score (nSPS) is 21.0. The van der Waals surface area contributed by atoms with Crippen molar-refractivity contribution >= 4 is 0 Å². The van der Waals surface area contributed by atoms with Gasteiger partial charge in [-0.2, -0.15) is 0 Å². The second-order valence-electron chi connectivity index (χ2n) is 4.69. The number of nitrogens with one attached hydrogen (secondary N) is 1. The largest absolute Gasteiger partial charge is 0.381 e. The lowest BCUT2D eigenvalue weighted by Gasteiger charge is -2.43. The van der Waals surface area contributed by atoms with E-state index in [1.165, 1.54) is 0 Å². The molecule has 1 unspecified atom stereocenters. The minimum atomic E-state index is -0.0171. The van der Waals surface area contributed by atoms with Crippen LogP contribution in [0.2, 0.25) is 0 Å². The van der Waals surface area contributed by atoms with Gasteiger partial charge in [0.25, 0.3) is 0 Å². The van der Waals surface area contributed by atoms with Crippen molar-refractivity contribution in [2.24, 2.45) is 5.92 Å². The molecular formula is C13H27NO2. The molecule has 0 aliphatic carbocycles. The van der Waals surface area contributed by atoms with Gasteiger partial charge < -0.3 is 14.8 Å². The van der Waals surface area contributed by atoms with Crippen molar-refractivity contribution in [1.29, 1.82) is 0 Å². The zero-order valence-electron chi connectivity index (χ0n) is 11.2. The van der Waals surface area contributed by atoms with Gasteiger partial charge in [0.15, 0.2) is 0 Å². The van der Waals surface area contributed by atoms with Gasteiger partial charge in [0.1, 0.15) is 0 Å². The van der Waals surface area contributed by atoms with Crippen LogP contribution in [-0.2, 0) is 9.47 Å². The molecule has 0 aromatic rings. The molecule has 0 saturated carbocycles. The van der Waals surface area contributed by atoms with E-state index in [4.69, 9.17) is 9.47 Å². The molecule has 1 fully saturated rings. The molecule has 1 heterocycles. The quantitative estimate of drug-likeness (QED) is 0.757. The van der Waals surface area contributed by atoms with E-state index in [1.807, 2.05) is 7.11 Å². The van der Waals surface area contributed by atoms with Crippen LogP contribution in [0.5, 0.6) is 0 Å². The summed E-state index contributed by atoms with van der Waals surface area (Å²) in [5, 5.41) is 3.48. The molecule has 0 radical (unpaired) electrons. The maximum absolute atomic E-state index is 5.84. The zero-order chi connectivity index (χ0) is 12.0. The molecule has 0 bridgehead atoms. The summed E-state index contributed by atoms with van der Waals surface area (Å²) in [5.74, 6) is 0.679. The molecule has 1 aliphatic rings. The zero-order valence-corrected chi connectivity index (χ0v) is 11.2.